The topological polar surface area (TPSA) is 57.7 Å². The highest BCUT2D eigenvalue weighted by atomic mass is 79.9. The molecule has 0 N–H and O–H groups in total. The highest BCUT2D eigenvalue weighted by molar-refractivity contribution is 9.10. The first-order valence-corrected chi connectivity index (χ1v) is 11.8. The standard InChI is InChI=1S/C21H25BrN2O3S/c1-17-2-4-18(5-3-17)16-21(25)24-12-10-23(11-13-24)14-15-28(26,27)20-8-6-19(22)7-9-20/h2-9H,10-16H2,1H3. The van der Waals surface area contributed by atoms with E-state index in [0.29, 0.717) is 44.0 Å². The fraction of sp³-hybridized carbons (Fsp3) is 0.381. The summed E-state index contributed by atoms with van der Waals surface area (Å²) in [6, 6.07) is 14.8. The molecule has 0 saturated carbocycles. The molecule has 2 aromatic carbocycles. The predicted molar refractivity (Wildman–Crippen MR) is 114 cm³/mol. The lowest BCUT2D eigenvalue weighted by molar-refractivity contribution is -0.132. The van der Waals surface area contributed by atoms with Gasteiger partial charge in [0.05, 0.1) is 17.1 Å². The Morgan fingerprint density at radius 3 is 2.18 bits per heavy atom. The Hall–Kier alpha value is -1.70. The lowest BCUT2D eigenvalue weighted by Gasteiger charge is -2.34. The van der Waals surface area contributed by atoms with Crippen LogP contribution in [0, 0.1) is 6.92 Å². The van der Waals surface area contributed by atoms with Crippen LogP contribution in [0.15, 0.2) is 57.9 Å². The predicted octanol–water partition coefficient (Wildman–Crippen LogP) is 2.92. The van der Waals surface area contributed by atoms with Crippen molar-refractivity contribution < 1.29 is 13.2 Å². The number of benzene rings is 2. The Kier molecular flexibility index (Phi) is 6.91. The van der Waals surface area contributed by atoms with E-state index in [4.69, 9.17) is 0 Å². The fourth-order valence-corrected chi connectivity index (χ4v) is 4.77. The number of sulfone groups is 1. The third kappa shape index (κ3) is 5.65. The zero-order valence-electron chi connectivity index (χ0n) is 16.0. The summed E-state index contributed by atoms with van der Waals surface area (Å²) in [5, 5.41) is 0. The van der Waals surface area contributed by atoms with E-state index in [-0.39, 0.29) is 11.7 Å². The van der Waals surface area contributed by atoms with E-state index in [1.807, 2.05) is 36.1 Å². The molecule has 7 heteroatoms. The highest BCUT2D eigenvalue weighted by Crippen LogP contribution is 2.16. The molecule has 0 atom stereocenters. The molecule has 0 spiro atoms. The maximum Gasteiger partial charge on any atom is 0.227 e. The molecule has 1 amide bonds. The van der Waals surface area contributed by atoms with E-state index in [1.165, 1.54) is 5.56 Å². The Bertz CT molecular complexity index is 904. The highest BCUT2D eigenvalue weighted by Gasteiger charge is 2.23. The molecule has 3 rings (SSSR count). The quantitative estimate of drug-likeness (QED) is 0.659. The Balaban J connectivity index is 1.46. The molecule has 1 aliphatic heterocycles. The van der Waals surface area contributed by atoms with Crippen LogP contribution in [0.1, 0.15) is 11.1 Å². The number of nitrogens with zero attached hydrogens (tertiary/aromatic N) is 2. The summed E-state index contributed by atoms with van der Waals surface area (Å²) in [6.07, 6.45) is 0.415. The van der Waals surface area contributed by atoms with Gasteiger partial charge in [0.2, 0.25) is 5.91 Å². The van der Waals surface area contributed by atoms with Gasteiger partial charge in [-0.15, -0.1) is 0 Å². The van der Waals surface area contributed by atoms with Gasteiger partial charge in [-0.25, -0.2) is 8.42 Å². The second-order valence-electron chi connectivity index (χ2n) is 7.16. The average molecular weight is 465 g/mol. The van der Waals surface area contributed by atoms with Crippen LogP contribution in [0.5, 0.6) is 0 Å². The minimum absolute atomic E-state index is 0.0892. The maximum atomic E-state index is 12.5. The van der Waals surface area contributed by atoms with Crippen molar-refractivity contribution in [3.05, 3.63) is 64.1 Å². The van der Waals surface area contributed by atoms with Crippen LogP contribution in [0.4, 0.5) is 0 Å². The van der Waals surface area contributed by atoms with Crippen molar-refractivity contribution in [2.75, 3.05) is 38.5 Å². The van der Waals surface area contributed by atoms with Crippen molar-refractivity contribution in [1.82, 2.24) is 9.80 Å². The van der Waals surface area contributed by atoms with Crippen molar-refractivity contribution in [1.29, 1.82) is 0 Å². The molecule has 1 heterocycles. The second-order valence-corrected chi connectivity index (χ2v) is 10.2. The third-order valence-corrected chi connectivity index (χ3v) is 7.29. The number of hydrogen-bond donors (Lipinski definition) is 0. The van der Waals surface area contributed by atoms with Gasteiger partial charge in [-0.3, -0.25) is 9.69 Å². The fourth-order valence-electron chi connectivity index (χ4n) is 3.22. The normalized spacial score (nSPS) is 15.6. The molecule has 28 heavy (non-hydrogen) atoms. The number of aryl methyl sites for hydroxylation is 1. The van der Waals surface area contributed by atoms with Crippen LogP contribution in [-0.2, 0) is 21.1 Å². The number of piperazine rings is 1. The number of amides is 1. The van der Waals surface area contributed by atoms with Crippen LogP contribution in [0.25, 0.3) is 0 Å². The molecular formula is C21H25BrN2O3S. The van der Waals surface area contributed by atoms with Crippen LogP contribution < -0.4 is 0 Å². The van der Waals surface area contributed by atoms with Crippen LogP contribution >= 0.6 is 15.9 Å². The summed E-state index contributed by atoms with van der Waals surface area (Å²) < 4.78 is 25.8. The molecular weight excluding hydrogens is 440 g/mol. The monoisotopic (exact) mass is 464 g/mol. The Morgan fingerprint density at radius 1 is 0.964 bits per heavy atom. The molecule has 1 fully saturated rings. The summed E-state index contributed by atoms with van der Waals surface area (Å²) in [6.45, 7) is 5.21. The lowest BCUT2D eigenvalue weighted by Crippen LogP contribution is -2.50. The van der Waals surface area contributed by atoms with Gasteiger partial charge in [-0.2, -0.15) is 0 Å². The van der Waals surface area contributed by atoms with Crippen LogP contribution in [-0.4, -0.2) is 62.6 Å². The number of halogens is 1. The maximum absolute atomic E-state index is 12.5. The molecule has 2 aromatic rings. The zero-order chi connectivity index (χ0) is 20.1. The summed E-state index contributed by atoms with van der Waals surface area (Å²) >= 11 is 3.32. The van der Waals surface area contributed by atoms with Crippen molar-refractivity contribution in [3.8, 4) is 0 Å². The van der Waals surface area contributed by atoms with Gasteiger partial charge >= 0.3 is 0 Å². The van der Waals surface area contributed by atoms with Gasteiger partial charge in [0, 0.05) is 37.2 Å². The van der Waals surface area contributed by atoms with E-state index < -0.39 is 9.84 Å². The molecule has 0 unspecified atom stereocenters. The van der Waals surface area contributed by atoms with E-state index in [0.717, 1.165) is 10.0 Å². The summed E-state index contributed by atoms with van der Waals surface area (Å²) in [7, 11) is -3.29. The minimum Gasteiger partial charge on any atom is -0.340 e. The Labute approximate surface area is 175 Å². The van der Waals surface area contributed by atoms with E-state index in [9.17, 15) is 13.2 Å². The summed E-state index contributed by atoms with van der Waals surface area (Å²) in [5.41, 5.74) is 2.21. The van der Waals surface area contributed by atoms with Crippen LogP contribution in [0.3, 0.4) is 0 Å². The SMILES string of the molecule is Cc1ccc(CC(=O)N2CCN(CCS(=O)(=O)c3ccc(Br)cc3)CC2)cc1. The van der Waals surface area contributed by atoms with Gasteiger partial charge < -0.3 is 4.90 Å². The first-order valence-electron chi connectivity index (χ1n) is 9.37. The summed E-state index contributed by atoms with van der Waals surface area (Å²) in [5.74, 6) is 0.220. The first-order chi connectivity index (χ1) is 13.3. The van der Waals surface area contributed by atoms with Gasteiger partial charge in [-0.1, -0.05) is 45.8 Å². The third-order valence-electron chi connectivity index (χ3n) is 5.05. The van der Waals surface area contributed by atoms with Crippen molar-refractivity contribution >= 4 is 31.7 Å². The van der Waals surface area contributed by atoms with E-state index in [2.05, 4.69) is 20.8 Å². The smallest absolute Gasteiger partial charge is 0.227 e. The second kappa shape index (κ2) is 9.20. The van der Waals surface area contributed by atoms with Gasteiger partial charge in [0.1, 0.15) is 0 Å². The largest absolute Gasteiger partial charge is 0.340 e. The first kappa shape index (κ1) is 21.0. The lowest BCUT2D eigenvalue weighted by atomic mass is 10.1. The van der Waals surface area contributed by atoms with E-state index in [1.54, 1.807) is 24.3 Å². The molecule has 1 aliphatic rings. The van der Waals surface area contributed by atoms with Gasteiger partial charge in [0.15, 0.2) is 9.84 Å². The molecule has 0 aromatic heterocycles. The van der Waals surface area contributed by atoms with Crippen LogP contribution in [0.2, 0.25) is 0 Å². The van der Waals surface area contributed by atoms with Gasteiger partial charge in [0.25, 0.3) is 0 Å². The van der Waals surface area contributed by atoms with E-state index >= 15 is 0 Å². The minimum atomic E-state index is -3.29. The van der Waals surface area contributed by atoms with Crippen molar-refractivity contribution in [2.24, 2.45) is 0 Å². The number of carbonyl (C=O) groups excluding carboxylic acids is 1. The summed E-state index contributed by atoms with van der Waals surface area (Å²) in [4.78, 5) is 16.8. The molecule has 0 radical (unpaired) electrons. The average Bonchev–Trinajstić information content (AvgIpc) is 2.69. The van der Waals surface area contributed by atoms with Crippen molar-refractivity contribution in [2.45, 2.75) is 18.2 Å². The number of carbonyl (C=O) groups is 1. The molecule has 1 saturated heterocycles. The molecule has 0 bridgehead atoms. The Morgan fingerprint density at radius 2 is 1.57 bits per heavy atom. The molecule has 0 aliphatic carbocycles. The number of hydrogen-bond acceptors (Lipinski definition) is 4. The number of rotatable bonds is 6. The molecule has 150 valence electrons. The van der Waals surface area contributed by atoms with Crippen molar-refractivity contribution in [3.63, 3.8) is 0 Å². The van der Waals surface area contributed by atoms with Gasteiger partial charge in [-0.05, 0) is 36.8 Å². The zero-order valence-corrected chi connectivity index (χ0v) is 18.4. The molecule has 5 nitrogen and oxygen atoms in total.